The van der Waals surface area contributed by atoms with Gasteiger partial charge in [-0.3, -0.25) is 4.79 Å². The van der Waals surface area contributed by atoms with Crippen LogP contribution in [-0.4, -0.2) is 17.1 Å². The van der Waals surface area contributed by atoms with Crippen LogP contribution in [0.2, 0.25) is 5.02 Å². The van der Waals surface area contributed by atoms with Crippen molar-refractivity contribution in [3.05, 3.63) is 58.1 Å². The zero-order chi connectivity index (χ0) is 17.3. The molecular formula is C18H20ClN3O2. The zero-order valence-electron chi connectivity index (χ0n) is 13.6. The molecular weight excluding hydrogens is 326 g/mol. The first-order valence-electron chi connectivity index (χ1n) is 7.83. The Morgan fingerprint density at radius 3 is 2.71 bits per heavy atom. The van der Waals surface area contributed by atoms with Gasteiger partial charge in [-0.05, 0) is 43.5 Å². The third kappa shape index (κ3) is 3.24. The lowest BCUT2D eigenvalue weighted by atomic mass is 9.96. The van der Waals surface area contributed by atoms with E-state index in [0.717, 1.165) is 16.7 Å². The van der Waals surface area contributed by atoms with Crippen molar-refractivity contribution in [3.8, 4) is 5.75 Å². The Morgan fingerprint density at radius 1 is 1.21 bits per heavy atom. The van der Waals surface area contributed by atoms with Crippen molar-refractivity contribution in [3.63, 3.8) is 0 Å². The second kappa shape index (κ2) is 6.81. The Kier molecular flexibility index (Phi) is 4.76. The van der Waals surface area contributed by atoms with Crippen molar-refractivity contribution in [2.24, 2.45) is 0 Å². The molecule has 2 atom stereocenters. The van der Waals surface area contributed by atoms with E-state index in [2.05, 4.69) is 16.2 Å². The number of aromatic hydroxyl groups is 1. The summed E-state index contributed by atoms with van der Waals surface area (Å²) in [6, 6.07) is 10.4. The predicted molar refractivity (Wildman–Crippen MR) is 95.1 cm³/mol. The molecule has 0 aliphatic carbocycles. The molecule has 1 heterocycles. The summed E-state index contributed by atoms with van der Waals surface area (Å²) in [6.45, 7) is 3.84. The normalized spacial score (nSPS) is 20.1. The van der Waals surface area contributed by atoms with E-state index >= 15 is 0 Å². The molecule has 1 amide bonds. The Bertz CT molecular complexity index is 779. The summed E-state index contributed by atoms with van der Waals surface area (Å²) in [7, 11) is 0. The highest BCUT2D eigenvalue weighted by Crippen LogP contribution is 2.33. The molecule has 1 saturated heterocycles. The molecule has 4 N–H and O–H groups in total. The number of halogens is 1. The number of anilines is 1. The quantitative estimate of drug-likeness (QED) is 0.689. The maximum atomic E-state index is 12.4. The van der Waals surface area contributed by atoms with E-state index in [-0.39, 0.29) is 17.7 Å². The molecule has 126 valence electrons. The molecule has 6 heteroatoms. The summed E-state index contributed by atoms with van der Waals surface area (Å²) < 4.78 is 0. The Hall–Kier alpha value is -2.08. The lowest BCUT2D eigenvalue weighted by Gasteiger charge is -2.15. The summed E-state index contributed by atoms with van der Waals surface area (Å²) >= 11 is 6.07. The molecule has 1 fully saturated rings. The molecule has 24 heavy (non-hydrogen) atoms. The van der Waals surface area contributed by atoms with Gasteiger partial charge in [-0.25, -0.2) is 10.9 Å². The van der Waals surface area contributed by atoms with E-state index in [9.17, 15) is 9.90 Å². The molecule has 0 radical (unpaired) electrons. The molecule has 2 aromatic rings. The third-order valence-electron chi connectivity index (χ3n) is 4.46. The van der Waals surface area contributed by atoms with Crippen LogP contribution < -0.4 is 16.2 Å². The fourth-order valence-electron chi connectivity index (χ4n) is 2.82. The average molecular weight is 346 g/mol. The van der Waals surface area contributed by atoms with Gasteiger partial charge in [-0.15, -0.1) is 0 Å². The first-order chi connectivity index (χ1) is 11.5. The first kappa shape index (κ1) is 16.8. The number of carbonyl (C=O) groups excluding carboxylic acids is 1. The van der Waals surface area contributed by atoms with Gasteiger partial charge in [-0.1, -0.05) is 35.9 Å². The van der Waals surface area contributed by atoms with Crippen LogP contribution in [0, 0.1) is 13.8 Å². The van der Waals surface area contributed by atoms with Crippen molar-refractivity contribution < 1.29 is 9.90 Å². The lowest BCUT2D eigenvalue weighted by Crippen LogP contribution is -2.39. The van der Waals surface area contributed by atoms with Crippen LogP contribution in [0.1, 0.15) is 29.2 Å². The molecule has 5 nitrogen and oxygen atoms in total. The van der Waals surface area contributed by atoms with Crippen molar-refractivity contribution in [2.75, 3.05) is 5.32 Å². The van der Waals surface area contributed by atoms with E-state index in [1.165, 1.54) is 0 Å². The summed E-state index contributed by atoms with van der Waals surface area (Å²) in [4.78, 5) is 12.4. The molecule has 2 aromatic carbocycles. The monoisotopic (exact) mass is 345 g/mol. The van der Waals surface area contributed by atoms with E-state index in [1.807, 2.05) is 38.1 Å². The number of aryl methyl sites for hydroxylation is 1. The number of carbonyl (C=O) groups is 1. The van der Waals surface area contributed by atoms with Crippen LogP contribution in [0.25, 0.3) is 0 Å². The van der Waals surface area contributed by atoms with E-state index in [4.69, 9.17) is 11.6 Å². The van der Waals surface area contributed by atoms with Gasteiger partial charge in [0.25, 0.3) is 0 Å². The zero-order valence-corrected chi connectivity index (χ0v) is 14.3. The summed E-state index contributed by atoms with van der Waals surface area (Å²) in [5.41, 5.74) is 9.35. The van der Waals surface area contributed by atoms with Crippen molar-refractivity contribution in [1.82, 2.24) is 10.9 Å². The smallest absolute Gasteiger partial charge is 0.242 e. The lowest BCUT2D eigenvalue weighted by molar-refractivity contribution is -0.117. The Morgan fingerprint density at radius 2 is 1.96 bits per heavy atom. The minimum atomic E-state index is -0.410. The fraction of sp³-hybridized carbons (Fsp3) is 0.278. The number of hydrazine groups is 1. The SMILES string of the molecule is Cc1ccc(C2CC(C(=O)Nc3ccccc3Cl)NN2)c(O)c1C. The second-order valence-corrected chi connectivity index (χ2v) is 6.45. The minimum Gasteiger partial charge on any atom is -0.507 e. The number of amides is 1. The Labute approximate surface area is 146 Å². The topological polar surface area (TPSA) is 73.4 Å². The second-order valence-electron chi connectivity index (χ2n) is 6.04. The molecule has 2 unspecified atom stereocenters. The first-order valence-corrected chi connectivity index (χ1v) is 8.20. The number of phenols is 1. The number of benzene rings is 2. The van der Waals surface area contributed by atoms with Gasteiger partial charge < -0.3 is 10.4 Å². The highest BCUT2D eigenvalue weighted by Gasteiger charge is 2.32. The highest BCUT2D eigenvalue weighted by atomic mass is 35.5. The number of hydrogen-bond donors (Lipinski definition) is 4. The van der Waals surface area contributed by atoms with Crippen LogP contribution in [0.5, 0.6) is 5.75 Å². The minimum absolute atomic E-state index is 0.133. The van der Waals surface area contributed by atoms with E-state index in [1.54, 1.807) is 12.1 Å². The molecule has 1 aliphatic heterocycles. The molecule has 3 rings (SSSR count). The maximum Gasteiger partial charge on any atom is 0.242 e. The Balaban J connectivity index is 1.70. The number of hydrogen-bond acceptors (Lipinski definition) is 4. The number of rotatable bonds is 3. The van der Waals surface area contributed by atoms with Gasteiger partial charge in [0, 0.05) is 5.56 Å². The highest BCUT2D eigenvalue weighted by molar-refractivity contribution is 6.33. The molecule has 1 aliphatic rings. The van der Waals surface area contributed by atoms with Gasteiger partial charge in [0.2, 0.25) is 5.91 Å². The van der Waals surface area contributed by atoms with E-state index in [0.29, 0.717) is 17.1 Å². The van der Waals surface area contributed by atoms with Gasteiger partial charge in [0.1, 0.15) is 11.8 Å². The maximum absolute atomic E-state index is 12.4. The van der Waals surface area contributed by atoms with Gasteiger partial charge in [0.15, 0.2) is 0 Å². The molecule has 0 saturated carbocycles. The molecule has 0 aromatic heterocycles. The van der Waals surface area contributed by atoms with Gasteiger partial charge in [-0.2, -0.15) is 0 Å². The van der Waals surface area contributed by atoms with Crippen molar-refractivity contribution >= 4 is 23.2 Å². The standard InChI is InChI=1S/C18H20ClN3O2/c1-10-7-8-12(17(23)11(10)2)15-9-16(22-21-15)18(24)20-14-6-4-3-5-13(14)19/h3-8,15-16,21-23H,9H2,1-2H3,(H,20,24). The summed E-state index contributed by atoms with van der Waals surface area (Å²) in [5, 5.41) is 13.7. The van der Waals surface area contributed by atoms with Crippen molar-refractivity contribution in [2.45, 2.75) is 32.4 Å². The third-order valence-corrected chi connectivity index (χ3v) is 4.79. The number of nitrogens with one attached hydrogen (secondary N) is 3. The average Bonchev–Trinajstić information content (AvgIpc) is 3.05. The van der Waals surface area contributed by atoms with Gasteiger partial charge in [0.05, 0.1) is 16.8 Å². The summed E-state index contributed by atoms with van der Waals surface area (Å²) in [5.74, 6) is 0.114. The van der Waals surface area contributed by atoms with Crippen LogP contribution in [0.15, 0.2) is 36.4 Å². The number of phenolic OH excluding ortho intramolecular Hbond substituents is 1. The van der Waals surface area contributed by atoms with Crippen molar-refractivity contribution in [1.29, 1.82) is 0 Å². The van der Waals surface area contributed by atoms with Crippen LogP contribution in [0.3, 0.4) is 0 Å². The largest absolute Gasteiger partial charge is 0.507 e. The molecule has 0 spiro atoms. The van der Waals surface area contributed by atoms with Crippen LogP contribution in [0.4, 0.5) is 5.69 Å². The van der Waals surface area contributed by atoms with Crippen LogP contribution in [-0.2, 0) is 4.79 Å². The molecule has 0 bridgehead atoms. The van der Waals surface area contributed by atoms with Crippen LogP contribution >= 0.6 is 11.6 Å². The summed E-state index contributed by atoms with van der Waals surface area (Å²) in [6.07, 6.45) is 0.534. The number of para-hydroxylation sites is 1. The van der Waals surface area contributed by atoms with E-state index < -0.39 is 6.04 Å². The predicted octanol–water partition coefficient (Wildman–Crippen LogP) is 3.21. The van der Waals surface area contributed by atoms with Gasteiger partial charge >= 0.3 is 0 Å². The fourth-order valence-corrected chi connectivity index (χ4v) is 3.00.